The van der Waals surface area contributed by atoms with E-state index in [1.165, 1.54) is 19.4 Å². The van der Waals surface area contributed by atoms with Crippen LogP contribution in [0.1, 0.15) is 33.1 Å². The zero-order chi connectivity index (χ0) is 11.5. The second kappa shape index (κ2) is 5.48. The van der Waals surface area contributed by atoms with E-state index >= 15 is 0 Å². The molecule has 0 aromatic rings. The van der Waals surface area contributed by atoms with Crippen LogP contribution in [0.25, 0.3) is 0 Å². The van der Waals surface area contributed by atoms with Gasteiger partial charge in [-0.3, -0.25) is 0 Å². The van der Waals surface area contributed by atoms with Gasteiger partial charge < -0.3 is 15.4 Å². The van der Waals surface area contributed by atoms with Crippen LogP contribution in [0.5, 0.6) is 0 Å². The molecule has 0 bridgehead atoms. The number of hydrogen-bond donors (Lipinski definition) is 1. The Labute approximate surface area is 99.3 Å². The summed E-state index contributed by atoms with van der Waals surface area (Å²) in [4.78, 5) is 2.61. The van der Waals surface area contributed by atoms with Crippen molar-refractivity contribution in [2.45, 2.75) is 45.2 Å². The van der Waals surface area contributed by atoms with Crippen molar-refractivity contribution in [2.75, 3.05) is 26.3 Å². The second-order valence-corrected chi connectivity index (χ2v) is 5.76. The Balaban J connectivity index is 1.83. The number of hydrogen-bond acceptors (Lipinski definition) is 3. The zero-order valence-electron chi connectivity index (χ0n) is 10.7. The van der Waals surface area contributed by atoms with Crippen molar-refractivity contribution in [1.82, 2.24) is 4.90 Å². The number of rotatable bonds is 2. The summed E-state index contributed by atoms with van der Waals surface area (Å²) in [6.07, 6.45) is 3.71. The Morgan fingerprint density at radius 2 is 2.12 bits per heavy atom. The smallest absolute Gasteiger partial charge is 0.0521 e. The van der Waals surface area contributed by atoms with Crippen molar-refractivity contribution in [3.05, 3.63) is 0 Å². The highest BCUT2D eigenvalue weighted by Crippen LogP contribution is 2.24. The first-order valence-corrected chi connectivity index (χ1v) is 6.74. The summed E-state index contributed by atoms with van der Waals surface area (Å²) in [6, 6.07) is 1.07. The van der Waals surface area contributed by atoms with Crippen LogP contribution in [0, 0.1) is 11.8 Å². The molecule has 94 valence electrons. The molecule has 2 aliphatic heterocycles. The summed E-state index contributed by atoms with van der Waals surface area (Å²) >= 11 is 0. The van der Waals surface area contributed by atoms with Gasteiger partial charge in [0.1, 0.15) is 0 Å². The Kier molecular flexibility index (Phi) is 4.22. The molecule has 0 amide bonds. The molecule has 0 aliphatic carbocycles. The van der Waals surface area contributed by atoms with E-state index in [0.29, 0.717) is 12.0 Å². The van der Waals surface area contributed by atoms with E-state index in [1.807, 2.05) is 0 Å². The van der Waals surface area contributed by atoms with Crippen molar-refractivity contribution in [3.63, 3.8) is 0 Å². The first-order valence-electron chi connectivity index (χ1n) is 6.74. The summed E-state index contributed by atoms with van der Waals surface area (Å²) in [7, 11) is 0. The van der Waals surface area contributed by atoms with Crippen LogP contribution in [0.2, 0.25) is 0 Å². The molecular weight excluding hydrogens is 200 g/mol. The predicted molar refractivity (Wildman–Crippen MR) is 66.3 cm³/mol. The lowest BCUT2D eigenvalue weighted by molar-refractivity contribution is 0.0113. The molecule has 2 saturated heterocycles. The molecule has 2 fully saturated rings. The highest BCUT2D eigenvalue weighted by Gasteiger charge is 2.29. The molecule has 16 heavy (non-hydrogen) atoms. The maximum absolute atomic E-state index is 6.16. The van der Waals surface area contributed by atoms with Gasteiger partial charge in [0.15, 0.2) is 0 Å². The second-order valence-electron chi connectivity index (χ2n) is 5.76. The topological polar surface area (TPSA) is 38.5 Å². The van der Waals surface area contributed by atoms with Crippen molar-refractivity contribution in [3.8, 4) is 0 Å². The molecule has 2 N–H and O–H groups in total. The Morgan fingerprint density at radius 3 is 2.81 bits per heavy atom. The molecule has 0 saturated carbocycles. The SMILES string of the molecule is CC1CCN(CC2COCCC2N)C(C)C1. The first kappa shape index (κ1) is 12.3. The van der Waals surface area contributed by atoms with Crippen molar-refractivity contribution in [2.24, 2.45) is 17.6 Å². The van der Waals surface area contributed by atoms with Gasteiger partial charge >= 0.3 is 0 Å². The molecule has 4 atom stereocenters. The third-order valence-corrected chi connectivity index (χ3v) is 4.28. The average molecular weight is 226 g/mol. The van der Waals surface area contributed by atoms with Crippen LogP contribution in [0.4, 0.5) is 0 Å². The van der Waals surface area contributed by atoms with Gasteiger partial charge in [0.25, 0.3) is 0 Å². The predicted octanol–water partition coefficient (Wildman–Crippen LogP) is 1.47. The highest BCUT2D eigenvalue weighted by atomic mass is 16.5. The van der Waals surface area contributed by atoms with Crippen LogP contribution < -0.4 is 5.73 Å². The summed E-state index contributed by atoms with van der Waals surface area (Å²) < 4.78 is 5.54. The lowest BCUT2D eigenvalue weighted by atomic mass is 9.90. The van der Waals surface area contributed by atoms with Crippen LogP contribution in [0.3, 0.4) is 0 Å². The van der Waals surface area contributed by atoms with Crippen LogP contribution in [-0.4, -0.2) is 43.3 Å². The minimum Gasteiger partial charge on any atom is -0.381 e. The van der Waals surface area contributed by atoms with Gasteiger partial charge in [-0.05, 0) is 38.6 Å². The van der Waals surface area contributed by atoms with E-state index in [-0.39, 0.29) is 0 Å². The third-order valence-electron chi connectivity index (χ3n) is 4.28. The summed E-state index contributed by atoms with van der Waals surface area (Å²) in [5.41, 5.74) is 6.16. The number of likely N-dealkylation sites (tertiary alicyclic amines) is 1. The number of nitrogens with zero attached hydrogens (tertiary/aromatic N) is 1. The molecule has 0 aromatic heterocycles. The molecule has 0 radical (unpaired) electrons. The third kappa shape index (κ3) is 2.96. The number of piperidine rings is 1. The van der Waals surface area contributed by atoms with Crippen LogP contribution in [0.15, 0.2) is 0 Å². The van der Waals surface area contributed by atoms with Gasteiger partial charge in [-0.2, -0.15) is 0 Å². The molecule has 3 nitrogen and oxygen atoms in total. The lowest BCUT2D eigenvalue weighted by Gasteiger charge is -2.40. The van der Waals surface area contributed by atoms with E-state index < -0.39 is 0 Å². The van der Waals surface area contributed by atoms with Crippen molar-refractivity contribution in [1.29, 1.82) is 0 Å². The molecule has 2 aliphatic rings. The van der Waals surface area contributed by atoms with E-state index in [4.69, 9.17) is 10.5 Å². The fourth-order valence-electron chi connectivity index (χ4n) is 3.03. The Bertz CT molecular complexity index is 222. The fourth-order valence-corrected chi connectivity index (χ4v) is 3.03. The molecule has 2 heterocycles. The summed E-state index contributed by atoms with van der Waals surface area (Å²) in [5, 5.41) is 0. The monoisotopic (exact) mass is 226 g/mol. The average Bonchev–Trinajstić information content (AvgIpc) is 2.25. The molecule has 0 spiro atoms. The Hall–Kier alpha value is -0.120. The van der Waals surface area contributed by atoms with Gasteiger partial charge in [0, 0.05) is 31.2 Å². The van der Waals surface area contributed by atoms with E-state index in [9.17, 15) is 0 Å². The summed E-state index contributed by atoms with van der Waals surface area (Å²) in [5.74, 6) is 1.44. The minimum atomic E-state index is 0.347. The fraction of sp³-hybridized carbons (Fsp3) is 1.00. The van der Waals surface area contributed by atoms with E-state index in [2.05, 4.69) is 18.7 Å². The highest BCUT2D eigenvalue weighted by molar-refractivity contribution is 4.84. The van der Waals surface area contributed by atoms with Gasteiger partial charge in [0.05, 0.1) is 6.61 Å². The minimum absolute atomic E-state index is 0.347. The molecule has 4 unspecified atom stereocenters. The molecular formula is C13H26N2O. The largest absolute Gasteiger partial charge is 0.381 e. The molecule has 2 rings (SSSR count). The summed E-state index contributed by atoms with van der Waals surface area (Å²) in [6.45, 7) is 8.80. The van der Waals surface area contributed by atoms with Gasteiger partial charge in [0.2, 0.25) is 0 Å². The van der Waals surface area contributed by atoms with E-state index in [0.717, 1.165) is 38.1 Å². The van der Waals surface area contributed by atoms with Crippen molar-refractivity contribution >= 4 is 0 Å². The Morgan fingerprint density at radius 1 is 1.31 bits per heavy atom. The maximum atomic E-state index is 6.16. The number of ether oxygens (including phenoxy) is 1. The van der Waals surface area contributed by atoms with Gasteiger partial charge in [-0.1, -0.05) is 6.92 Å². The first-order chi connectivity index (χ1) is 7.66. The zero-order valence-corrected chi connectivity index (χ0v) is 10.7. The normalized spacial score (nSPS) is 42.2. The standard InChI is InChI=1S/C13H26N2O/c1-10-3-5-15(11(2)7-10)8-12-9-16-6-4-13(12)14/h10-13H,3-9,14H2,1-2H3. The van der Waals surface area contributed by atoms with E-state index in [1.54, 1.807) is 0 Å². The van der Waals surface area contributed by atoms with Gasteiger partial charge in [-0.15, -0.1) is 0 Å². The molecule has 0 aromatic carbocycles. The van der Waals surface area contributed by atoms with Gasteiger partial charge in [-0.25, -0.2) is 0 Å². The quantitative estimate of drug-likeness (QED) is 0.775. The lowest BCUT2D eigenvalue weighted by Crippen LogP contribution is -2.49. The van der Waals surface area contributed by atoms with Crippen molar-refractivity contribution < 1.29 is 4.74 Å². The molecule has 3 heteroatoms. The maximum Gasteiger partial charge on any atom is 0.0521 e. The van der Waals surface area contributed by atoms with Crippen LogP contribution >= 0.6 is 0 Å². The van der Waals surface area contributed by atoms with Crippen LogP contribution in [-0.2, 0) is 4.74 Å². The number of nitrogens with two attached hydrogens (primary N) is 1.